The number of amides is 1. The number of rotatable bonds is 4. The van der Waals surface area contributed by atoms with Crippen LogP contribution in [0.15, 0.2) is 54.6 Å². The Labute approximate surface area is 117 Å². The van der Waals surface area contributed by atoms with Gasteiger partial charge in [0.2, 0.25) is 0 Å². The topological polar surface area (TPSA) is 47.6 Å². The minimum Gasteiger partial charge on any atom is -0.488 e. The van der Waals surface area contributed by atoms with Gasteiger partial charge in [-0.3, -0.25) is 0 Å². The molecule has 1 amide bonds. The molecule has 2 aromatic rings. The van der Waals surface area contributed by atoms with Crippen molar-refractivity contribution in [2.45, 2.75) is 12.7 Å². The number of benzene rings is 2. The maximum atomic E-state index is 11.1. The fraction of sp³-hybridized carbons (Fsp3) is 0.188. The number of nitrogens with one attached hydrogen (secondary N) is 1. The number of hydrogen-bond acceptors (Lipinski definition) is 3. The van der Waals surface area contributed by atoms with Crippen molar-refractivity contribution in [2.75, 3.05) is 6.54 Å². The van der Waals surface area contributed by atoms with Gasteiger partial charge in [-0.15, -0.1) is 0 Å². The lowest BCUT2D eigenvalue weighted by atomic mass is 10.1. The van der Waals surface area contributed by atoms with E-state index >= 15 is 0 Å². The maximum absolute atomic E-state index is 11.1. The number of carbonyl (C=O) groups excluding carboxylic acids is 1. The first kappa shape index (κ1) is 12.5. The van der Waals surface area contributed by atoms with Gasteiger partial charge < -0.3 is 14.8 Å². The van der Waals surface area contributed by atoms with Gasteiger partial charge in [0, 0.05) is 5.56 Å². The van der Waals surface area contributed by atoms with Gasteiger partial charge in [-0.05, 0) is 11.6 Å². The highest BCUT2D eigenvalue weighted by atomic mass is 16.6. The quantitative estimate of drug-likeness (QED) is 0.928. The molecule has 1 atom stereocenters. The molecule has 0 aromatic heterocycles. The van der Waals surface area contributed by atoms with Crippen molar-refractivity contribution in [3.8, 4) is 5.75 Å². The molecule has 0 radical (unpaired) electrons. The lowest BCUT2D eigenvalue weighted by molar-refractivity contribution is 0.138. The molecule has 4 heteroatoms. The number of ether oxygens (including phenoxy) is 2. The van der Waals surface area contributed by atoms with Crippen molar-refractivity contribution < 1.29 is 14.3 Å². The molecule has 3 rings (SSSR count). The fourth-order valence-corrected chi connectivity index (χ4v) is 2.18. The van der Waals surface area contributed by atoms with E-state index in [4.69, 9.17) is 9.47 Å². The van der Waals surface area contributed by atoms with Crippen LogP contribution in [0.4, 0.5) is 4.79 Å². The van der Waals surface area contributed by atoms with E-state index in [1.165, 1.54) is 0 Å². The van der Waals surface area contributed by atoms with Crippen molar-refractivity contribution in [3.63, 3.8) is 0 Å². The van der Waals surface area contributed by atoms with E-state index in [9.17, 15) is 4.79 Å². The standard InChI is InChI=1S/C16H15NO3/c18-16-17-10-15(20-16)13-8-4-5-9-14(13)19-11-12-6-2-1-3-7-12/h1-9,15H,10-11H2,(H,17,18). The third-order valence-corrected chi connectivity index (χ3v) is 3.18. The smallest absolute Gasteiger partial charge is 0.407 e. The van der Waals surface area contributed by atoms with Crippen LogP contribution >= 0.6 is 0 Å². The number of hydrogen-bond donors (Lipinski definition) is 1. The van der Waals surface area contributed by atoms with Crippen LogP contribution in [0.25, 0.3) is 0 Å². The van der Waals surface area contributed by atoms with E-state index in [0.717, 1.165) is 16.9 Å². The molecule has 1 fully saturated rings. The second-order valence-electron chi connectivity index (χ2n) is 4.59. The molecule has 0 saturated carbocycles. The van der Waals surface area contributed by atoms with Crippen molar-refractivity contribution in [1.82, 2.24) is 5.32 Å². The van der Waals surface area contributed by atoms with Gasteiger partial charge in [-0.1, -0.05) is 48.5 Å². The predicted molar refractivity (Wildman–Crippen MR) is 74.4 cm³/mol. The summed E-state index contributed by atoms with van der Waals surface area (Å²) < 4.78 is 11.1. The molecule has 1 aliphatic rings. The van der Waals surface area contributed by atoms with Crippen LogP contribution < -0.4 is 10.1 Å². The Hall–Kier alpha value is -2.49. The summed E-state index contributed by atoms with van der Waals surface area (Å²) in [5.74, 6) is 0.748. The summed E-state index contributed by atoms with van der Waals surface area (Å²) in [5, 5.41) is 2.65. The molecule has 102 valence electrons. The van der Waals surface area contributed by atoms with Gasteiger partial charge in [-0.2, -0.15) is 0 Å². The van der Waals surface area contributed by atoms with E-state index in [0.29, 0.717) is 13.2 Å². The van der Waals surface area contributed by atoms with Crippen molar-refractivity contribution in [2.24, 2.45) is 0 Å². The summed E-state index contributed by atoms with van der Waals surface area (Å²) in [6.07, 6.45) is -0.665. The molecule has 0 spiro atoms. The Morgan fingerprint density at radius 3 is 2.60 bits per heavy atom. The lowest BCUT2D eigenvalue weighted by Crippen LogP contribution is -2.12. The highest BCUT2D eigenvalue weighted by molar-refractivity contribution is 5.70. The van der Waals surface area contributed by atoms with Gasteiger partial charge >= 0.3 is 6.09 Å². The number of para-hydroxylation sites is 1. The predicted octanol–water partition coefficient (Wildman–Crippen LogP) is 3.05. The van der Waals surface area contributed by atoms with Gasteiger partial charge in [-0.25, -0.2) is 4.79 Å². The van der Waals surface area contributed by atoms with Gasteiger partial charge in [0.05, 0.1) is 6.54 Å². The average Bonchev–Trinajstić information content (AvgIpc) is 2.93. The minimum atomic E-state index is -0.382. The Bertz CT molecular complexity index is 598. The molecule has 4 nitrogen and oxygen atoms in total. The number of carbonyl (C=O) groups is 1. The molecule has 1 saturated heterocycles. The average molecular weight is 269 g/mol. The minimum absolute atomic E-state index is 0.283. The largest absolute Gasteiger partial charge is 0.488 e. The van der Waals surface area contributed by atoms with Crippen LogP contribution in [0.3, 0.4) is 0 Å². The second kappa shape index (κ2) is 5.65. The fourth-order valence-electron chi connectivity index (χ4n) is 2.18. The highest BCUT2D eigenvalue weighted by Gasteiger charge is 2.26. The van der Waals surface area contributed by atoms with Gasteiger partial charge in [0.15, 0.2) is 0 Å². The molecular weight excluding hydrogens is 254 g/mol. The molecule has 20 heavy (non-hydrogen) atoms. The first-order valence-electron chi connectivity index (χ1n) is 6.53. The molecule has 1 unspecified atom stereocenters. The first-order chi connectivity index (χ1) is 9.83. The van der Waals surface area contributed by atoms with Crippen molar-refractivity contribution in [1.29, 1.82) is 0 Å². The molecule has 1 aliphatic heterocycles. The lowest BCUT2D eigenvalue weighted by Gasteiger charge is -2.14. The van der Waals surface area contributed by atoms with Crippen LogP contribution in [0, 0.1) is 0 Å². The van der Waals surface area contributed by atoms with Crippen molar-refractivity contribution >= 4 is 6.09 Å². The zero-order valence-electron chi connectivity index (χ0n) is 10.9. The van der Waals surface area contributed by atoms with Crippen molar-refractivity contribution in [3.05, 3.63) is 65.7 Å². The van der Waals surface area contributed by atoms with Crippen LogP contribution in [0.2, 0.25) is 0 Å². The maximum Gasteiger partial charge on any atom is 0.407 e. The van der Waals surface area contributed by atoms with E-state index < -0.39 is 0 Å². The molecule has 0 aliphatic carbocycles. The summed E-state index contributed by atoms with van der Waals surface area (Å²) in [4.78, 5) is 11.1. The van der Waals surface area contributed by atoms with Gasteiger partial charge in [0.25, 0.3) is 0 Å². The Morgan fingerprint density at radius 2 is 1.85 bits per heavy atom. The van der Waals surface area contributed by atoms with E-state index in [-0.39, 0.29) is 12.2 Å². The Balaban J connectivity index is 1.74. The zero-order valence-corrected chi connectivity index (χ0v) is 10.9. The van der Waals surface area contributed by atoms with E-state index in [1.807, 2.05) is 54.6 Å². The zero-order chi connectivity index (χ0) is 13.8. The molecule has 1 heterocycles. The third kappa shape index (κ3) is 2.74. The second-order valence-corrected chi connectivity index (χ2v) is 4.59. The summed E-state index contributed by atoms with van der Waals surface area (Å²) in [6.45, 7) is 0.969. The monoisotopic (exact) mass is 269 g/mol. The van der Waals surface area contributed by atoms with E-state index in [2.05, 4.69) is 5.32 Å². The van der Waals surface area contributed by atoms with Gasteiger partial charge in [0.1, 0.15) is 18.5 Å². The molecule has 2 aromatic carbocycles. The highest BCUT2D eigenvalue weighted by Crippen LogP contribution is 2.30. The number of cyclic esters (lactones) is 1. The van der Waals surface area contributed by atoms with Crippen LogP contribution in [0.5, 0.6) is 5.75 Å². The molecule has 0 bridgehead atoms. The Kier molecular flexibility index (Phi) is 3.54. The SMILES string of the molecule is O=C1NCC(c2ccccc2OCc2ccccc2)O1. The van der Waals surface area contributed by atoms with E-state index in [1.54, 1.807) is 0 Å². The summed E-state index contributed by atoms with van der Waals surface area (Å²) >= 11 is 0. The number of alkyl carbamates (subject to hydrolysis) is 1. The summed E-state index contributed by atoms with van der Waals surface area (Å²) in [7, 11) is 0. The summed E-state index contributed by atoms with van der Waals surface area (Å²) in [5.41, 5.74) is 1.99. The first-order valence-corrected chi connectivity index (χ1v) is 6.53. The molecule has 1 N–H and O–H groups in total. The summed E-state index contributed by atoms with van der Waals surface area (Å²) in [6, 6.07) is 17.6. The van der Waals surface area contributed by atoms with Crippen LogP contribution in [-0.2, 0) is 11.3 Å². The van der Waals surface area contributed by atoms with Crippen LogP contribution in [-0.4, -0.2) is 12.6 Å². The molecular formula is C16H15NO3. The Morgan fingerprint density at radius 1 is 1.10 bits per heavy atom. The van der Waals surface area contributed by atoms with Crippen LogP contribution in [0.1, 0.15) is 17.2 Å². The third-order valence-electron chi connectivity index (χ3n) is 3.18. The normalized spacial score (nSPS) is 17.4.